The van der Waals surface area contributed by atoms with Crippen molar-refractivity contribution in [3.8, 4) is 11.5 Å². The van der Waals surface area contributed by atoms with Crippen molar-refractivity contribution in [2.75, 3.05) is 13.2 Å². The maximum Gasteiger partial charge on any atom is 0.165 e. The molecule has 2 nitrogen and oxygen atoms in total. The third kappa shape index (κ3) is 2.04. The second-order valence-electron chi connectivity index (χ2n) is 4.29. The smallest absolute Gasteiger partial charge is 0.165 e. The lowest BCUT2D eigenvalue weighted by Crippen LogP contribution is -2.12. The van der Waals surface area contributed by atoms with Crippen LogP contribution < -0.4 is 9.47 Å². The molecule has 18 heavy (non-hydrogen) atoms. The number of fused-ring (bicyclic) bond motifs is 1. The van der Waals surface area contributed by atoms with Gasteiger partial charge in [-0.25, -0.2) is 4.39 Å². The molecule has 0 saturated heterocycles. The molecule has 0 aromatic heterocycles. The number of hydrogen-bond donors (Lipinski definition) is 0. The number of hydrogen-bond acceptors (Lipinski definition) is 2. The van der Waals surface area contributed by atoms with E-state index in [0.29, 0.717) is 19.0 Å². The summed E-state index contributed by atoms with van der Waals surface area (Å²) in [5.41, 5.74) is 1.13. The fourth-order valence-corrected chi connectivity index (χ4v) is 2.12. The number of para-hydroxylation sites is 2. The first-order valence-electron chi connectivity index (χ1n) is 5.93. The minimum atomic E-state index is -0.329. The molecule has 92 valence electrons. The third-order valence-corrected chi connectivity index (χ3v) is 3.08. The normalized spacial score (nSPS) is 17.1. The van der Waals surface area contributed by atoms with E-state index in [2.05, 4.69) is 0 Å². The van der Waals surface area contributed by atoms with Crippen LogP contribution in [0.5, 0.6) is 11.5 Å². The summed E-state index contributed by atoms with van der Waals surface area (Å²) in [6, 6.07) is 14.3. The van der Waals surface area contributed by atoms with Crippen molar-refractivity contribution in [1.82, 2.24) is 0 Å². The van der Waals surface area contributed by atoms with Crippen LogP contribution in [0.3, 0.4) is 0 Å². The molecule has 0 radical (unpaired) electrons. The second-order valence-corrected chi connectivity index (χ2v) is 4.29. The molecule has 0 saturated carbocycles. The summed E-state index contributed by atoms with van der Waals surface area (Å²) in [6.07, 6.45) is 0. The zero-order valence-corrected chi connectivity index (χ0v) is 9.80. The molecule has 0 aliphatic carbocycles. The topological polar surface area (TPSA) is 18.5 Å². The SMILES string of the molecule is Fc1ccccc1OCC1COc2ccccc21. The summed E-state index contributed by atoms with van der Waals surface area (Å²) in [5, 5.41) is 0. The van der Waals surface area contributed by atoms with Crippen LogP contribution in [0.1, 0.15) is 11.5 Å². The van der Waals surface area contributed by atoms with Gasteiger partial charge in [0, 0.05) is 5.56 Å². The van der Waals surface area contributed by atoms with Crippen molar-refractivity contribution in [2.45, 2.75) is 5.92 Å². The number of halogens is 1. The summed E-state index contributed by atoms with van der Waals surface area (Å²) in [4.78, 5) is 0. The van der Waals surface area contributed by atoms with Gasteiger partial charge in [-0.1, -0.05) is 30.3 Å². The van der Waals surface area contributed by atoms with Gasteiger partial charge >= 0.3 is 0 Å². The van der Waals surface area contributed by atoms with Crippen molar-refractivity contribution in [3.63, 3.8) is 0 Å². The maximum atomic E-state index is 13.4. The van der Waals surface area contributed by atoms with Crippen LogP contribution in [0.4, 0.5) is 4.39 Å². The van der Waals surface area contributed by atoms with Gasteiger partial charge in [0.1, 0.15) is 5.75 Å². The zero-order chi connectivity index (χ0) is 12.4. The average molecular weight is 244 g/mol. The van der Waals surface area contributed by atoms with E-state index in [0.717, 1.165) is 11.3 Å². The second kappa shape index (κ2) is 4.69. The molecule has 1 heterocycles. The first kappa shape index (κ1) is 11.1. The van der Waals surface area contributed by atoms with Crippen molar-refractivity contribution < 1.29 is 13.9 Å². The Kier molecular flexibility index (Phi) is 2.89. The lowest BCUT2D eigenvalue weighted by atomic mass is 10.0. The predicted molar refractivity (Wildman–Crippen MR) is 66.6 cm³/mol. The summed E-state index contributed by atoms with van der Waals surface area (Å²) in [6.45, 7) is 1.02. The third-order valence-electron chi connectivity index (χ3n) is 3.08. The van der Waals surface area contributed by atoms with Crippen LogP contribution in [-0.4, -0.2) is 13.2 Å². The molecular formula is C15H13FO2. The lowest BCUT2D eigenvalue weighted by Gasteiger charge is -2.11. The minimum Gasteiger partial charge on any atom is -0.493 e. The van der Waals surface area contributed by atoms with Gasteiger partial charge in [-0.15, -0.1) is 0 Å². The molecule has 0 N–H and O–H groups in total. The molecule has 2 aromatic carbocycles. The number of benzene rings is 2. The van der Waals surface area contributed by atoms with E-state index >= 15 is 0 Å². The average Bonchev–Trinajstić information content (AvgIpc) is 2.81. The molecule has 0 bridgehead atoms. The van der Waals surface area contributed by atoms with Crippen LogP contribution in [-0.2, 0) is 0 Å². The molecule has 1 atom stereocenters. The first-order chi connectivity index (χ1) is 8.84. The minimum absolute atomic E-state index is 0.167. The Morgan fingerprint density at radius 3 is 2.78 bits per heavy atom. The highest BCUT2D eigenvalue weighted by molar-refractivity contribution is 5.39. The molecule has 1 unspecified atom stereocenters. The monoisotopic (exact) mass is 244 g/mol. The molecule has 0 fully saturated rings. The molecule has 0 amide bonds. The maximum absolute atomic E-state index is 13.4. The van der Waals surface area contributed by atoms with E-state index in [1.807, 2.05) is 24.3 Å². The van der Waals surface area contributed by atoms with Gasteiger partial charge in [0.25, 0.3) is 0 Å². The molecule has 2 aromatic rings. The van der Waals surface area contributed by atoms with Crippen molar-refractivity contribution in [2.24, 2.45) is 0 Å². The predicted octanol–water partition coefficient (Wildman–Crippen LogP) is 3.38. The van der Waals surface area contributed by atoms with E-state index in [1.165, 1.54) is 6.07 Å². The molecule has 0 spiro atoms. The van der Waals surface area contributed by atoms with Crippen LogP contribution >= 0.6 is 0 Å². The summed E-state index contributed by atoms with van der Waals surface area (Å²) in [7, 11) is 0. The fourth-order valence-electron chi connectivity index (χ4n) is 2.12. The summed E-state index contributed by atoms with van der Waals surface area (Å²) < 4.78 is 24.5. The Morgan fingerprint density at radius 2 is 1.89 bits per heavy atom. The standard InChI is InChI=1S/C15H13FO2/c16-13-6-2-4-8-15(13)18-10-11-9-17-14-7-3-1-5-12(11)14/h1-8,11H,9-10H2. The summed E-state index contributed by atoms with van der Waals surface area (Å²) in [5.74, 6) is 1.03. The highest BCUT2D eigenvalue weighted by atomic mass is 19.1. The Hall–Kier alpha value is -2.03. The van der Waals surface area contributed by atoms with Gasteiger partial charge in [0.05, 0.1) is 19.1 Å². The molecule has 3 rings (SSSR count). The van der Waals surface area contributed by atoms with E-state index in [9.17, 15) is 4.39 Å². The van der Waals surface area contributed by atoms with Crippen molar-refractivity contribution >= 4 is 0 Å². The van der Waals surface area contributed by atoms with Crippen LogP contribution in [0.15, 0.2) is 48.5 Å². The van der Waals surface area contributed by atoms with Crippen LogP contribution in [0.25, 0.3) is 0 Å². The number of rotatable bonds is 3. The summed E-state index contributed by atoms with van der Waals surface area (Å²) >= 11 is 0. The Balaban J connectivity index is 1.71. The van der Waals surface area contributed by atoms with Gasteiger partial charge < -0.3 is 9.47 Å². The number of ether oxygens (including phenoxy) is 2. The Bertz CT molecular complexity index is 554. The highest BCUT2D eigenvalue weighted by Gasteiger charge is 2.24. The molecule has 1 aliphatic rings. The van der Waals surface area contributed by atoms with E-state index < -0.39 is 0 Å². The van der Waals surface area contributed by atoms with Crippen LogP contribution in [0, 0.1) is 5.82 Å². The molecule has 3 heteroatoms. The van der Waals surface area contributed by atoms with E-state index in [4.69, 9.17) is 9.47 Å². The van der Waals surface area contributed by atoms with Crippen molar-refractivity contribution in [1.29, 1.82) is 0 Å². The quantitative estimate of drug-likeness (QED) is 0.824. The van der Waals surface area contributed by atoms with Crippen molar-refractivity contribution in [3.05, 3.63) is 59.9 Å². The fraction of sp³-hybridized carbons (Fsp3) is 0.200. The first-order valence-corrected chi connectivity index (χ1v) is 5.93. The lowest BCUT2D eigenvalue weighted by molar-refractivity contribution is 0.241. The van der Waals surface area contributed by atoms with Gasteiger partial charge in [0.15, 0.2) is 11.6 Å². The largest absolute Gasteiger partial charge is 0.493 e. The van der Waals surface area contributed by atoms with E-state index in [-0.39, 0.29) is 11.7 Å². The molecular weight excluding hydrogens is 231 g/mol. The van der Waals surface area contributed by atoms with Crippen LogP contribution in [0.2, 0.25) is 0 Å². The van der Waals surface area contributed by atoms with Gasteiger partial charge in [-0.2, -0.15) is 0 Å². The zero-order valence-electron chi connectivity index (χ0n) is 9.80. The van der Waals surface area contributed by atoms with Gasteiger partial charge in [-0.05, 0) is 18.2 Å². The van der Waals surface area contributed by atoms with E-state index in [1.54, 1.807) is 18.2 Å². The van der Waals surface area contributed by atoms with Gasteiger partial charge in [-0.3, -0.25) is 0 Å². The molecule has 1 aliphatic heterocycles. The highest BCUT2D eigenvalue weighted by Crippen LogP contribution is 2.33. The van der Waals surface area contributed by atoms with Gasteiger partial charge in [0.2, 0.25) is 0 Å². The Labute approximate surface area is 105 Å². The Morgan fingerprint density at radius 1 is 1.11 bits per heavy atom.